The van der Waals surface area contributed by atoms with E-state index in [0.717, 1.165) is 71.3 Å². The number of nitrogens with one attached hydrogen (secondary N) is 2. The van der Waals surface area contributed by atoms with Crippen LogP contribution >= 0.6 is 0 Å². The molecule has 2 atom stereocenters. The van der Waals surface area contributed by atoms with Gasteiger partial charge in [-0.1, -0.05) is 87.4 Å². The molecule has 2 N–H and O–H groups in total. The van der Waals surface area contributed by atoms with Gasteiger partial charge in [0.1, 0.15) is 46.0 Å². The lowest BCUT2D eigenvalue weighted by Gasteiger charge is -2.19. The van der Waals surface area contributed by atoms with Crippen molar-refractivity contribution in [1.29, 1.82) is 0 Å². The van der Waals surface area contributed by atoms with Gasteiger partial charge in [-0.25, -0.2) is 9.59 Å². The molecule has 0 saturated carbocycles. The highest BCUT2D eigenvalue weighted by Crippen LogP contribution is 2.35. The average molecular weight is 955 g/mol. The third kappa shape index (κ3) is 13.1. The fraction of sp³-hybridized carbons (Fsp3) is 0.273. The summed E-state index contributed by atoms with van der Waals surface area (Å²) in [6.45, 7) is 7.53. The minimum Gasteiger partial charge on any atom is -0.493 e. The van der Waals surface area contributed by atoms with Gasteiger partial charge in [-0.2, -0.15) is 4.39 Å². The molecular weight excluding hydrogens is 900 g/mol. The Balaban J connectivity index is 0.000000206. The molecular formula is C55H55FN2O12. The van der Waals surface area contributed by atoms with E-state index in [0.29, 0.717) is 56.3 Å². The Bertz CT molecular complexity index is 2720. The first-order valence-corrected chi connectivity index (χ1v) is 23.2. The van der Waals surface area contributed by atoms with Crippen molar-refractivity contribution in [2.75, 3.05) is 26.4 Å². The second kappa shape index (κ2) is 23.8. The molecule has 14 nitrogen and oxygen atoms in total. The summed E-state index contributed by atoms with van der Waals surface area (Å²) >= 11 is 0. The molecule has 15 heteroatoms. The molecule has 2 saturated heterocycles. The Kier molecular flexibility index (Phi) is 16.9. The van der Waals surface area contributed by atoms with Crippen LogP contribution in [0.3, 0.4) is 0 Å². The van der Waals surface area contributed by atoms with E-state index in [-0.39, 0.29) is 5.56 Å². The molecule has 2 unspecified atom stereocenters. The van der Waals surface area contributed by atoms with Crippen LogP contribution in [0.15, 0.2) is 146 Å². The molecule has 2 heterocycles. The number of aryl methyl sites for hydroxylation is 2. The van der Waals surface area contributed by atoms with E-state index < -0.39 is 35.5 Å². The SMILES string of the molecule is CCCc1cc(Oc2ccccc2)ccc1OCCCOc1ccc(C2(C)OC(=O)NC2=O)cc1.CCCc1cc(Oc2ccccc2)ccc1OCCCOc1cccc(C2(F)OC(=O)NC2=O)c1. The maximum Gasteiger partial charge on any atom is 0.417 e. The highest BCUT2D eigenvalue weighted by atomic mass is 19.2. The second-order valence-electron chi connectivity index (χ2n) is 16.3. The van der Waals surface area contributed by atoms with E-state index in [1.54, 1.807) is 42.6 Å². The fourth-order valence-corrected chi connectivity index (χ4v) is 7.44. The Morgan fingerprint density at radius 2 is 0.943 bits per heavy atom. The van der Waals surface area contributed by atoms with Crippen molar-refractivity contribution in [3.05, 3.63) is 168 Å². The van der Waals surface area contributed by atoms with Crippen LogP contribution in [-0.4, -0.2) is 50.4 Å². The van der Waals surface area contributed by atoms with E-state index in [1.807, 2.05) is 97.1 Å². The number of benzene rings is 6. The molecule has 0 aliphatic carbocycles. The lowest BCUT2D eigenvalue weighted by atomic mass is 9.95. The van der Waals surface area contributed by atoms with Gasteiger partial charge in [-0.3, -0.25) is 20.2 Å². The number of cyclic esters (lactones) is 2. The predicted octanol–water partition coefficient (Wildman–Crippen LogP) is 11.4. The lowest BCUT2D eigenvalue weighted by Crippen LogP contribution is -2.33. The molecule has 2 aliphatic heterocycles. The Labute approximate surface area is 405 Å². The minimum absolute atomic E-state index is 0.114. The molecule has 6 aromatic carbocycles. The summed E-state index contributed by atoms with van der Waals surface area (Å²) in [5.41, 5.74) is 1.33. The number of alkyl carbamates (subject to hydrolysis) is 2. The highest BCUT2D eigenvalue weighted by molar-refractivity contribution is 6.03. The first-order valence-electron chi connectivity index (χ1n) is 23.2. The van der Waals surface area contributed by atoms with Crippen molar-refractivity contribution in [2.24, 2.45) is 0 Å². The summed E-state index contributed by atoms with van der Waals surface area (Å²) in [6.07, 6.45) is 3.14. The van der Waals surface area contributed by atoms with Gasteiger partial charge in [0.2, 0.25) is 5.60 Å². The Hall–Kier alpha value is -8.07. The normalized spacial score (nSPS) is 17.0. The molecule has 0 radical (unpaired) electrons. The van der Waals surface area contributed by atoms with E-state index in [4.69, 9.17) is 33.2 Å². The zero-order chi connectivity index (χ0) is 49.4. The smallest absolute Gasteiger partial charge is 0.417 e. The number of hydrogen-bond acceptors (Lipinski definition) is 12. The number of carbonyl (C=O) groups is 4. The Morgan fingerprint density at radius 3 is 1.43 bits per heavy atom. The second-order valence-corrected chi connectivity index (χ2v) is 16.3. The number of ether oxygens (including phenoxy) is 8. The van der Waals surface area contributed by atoms with Crippen LogP contribution in [0.4, 0.5) is 14.0 Å². The highest BCUT2D eigenvalue weighted by Gasteiger charge is 2.51. The summed E-state index contributed by atoms with van der Waals surface area (Å²) in [7, 11) is 0. The monoisotopic (exact) mass is 954 g/mol. The van der Waals surface area contributed by atoms with Crippen LogP contribution in [0.5, 0.6) is 46.0 Å². The zero-order valence-corrected chi connectivity index (χ0v) is 39.2. The summed E-state index contributed by atoms with van der Waals surface area (Å²) in [5.74, 6) is 1.29. The largest absolute Gasteiger partial charge is 0.493 e. The van der Waals surface area contributed by atoms with E-state index in [2.05, 4.69) is 23.9 Å². The number of carbonyl (C=O) groups excluding carboxylic acids is 4. The molecule has 8 rings (SSSR count). The number of alkyl halides is 1. The van der Waals surface area contributed by atoms with E-state index in [9.17, 15) is 23.6 Å². The molecule has 2 aliphatic rings. The number of hydrogen-bond donors (Lipinski definition) is 2. The number of para-hydroxylation sites is 2. The van der Waals surface area contributed by atoms with Gasteiger partial charge in [0.15, 0.2) is 0 Å². The number of halogens is 1. The van der Waals surface area contributed by atoms with Crippen LogP contribution in [0.25, 0.3) is 0 Å². The number of amides is 4. The van der Waals surface area contributed by atoms with Gasteiger partial charge < -0.3 is 37.9 Å². The van der Waals surface area contributed by atoms with Gasteiger partial charge in [-0.05, 0) is 116 Å². The molecule has 0 spiro atoms. The van der Waals surface area contributed by atoms with Crippen molar-refractivity contribution < 1.29 is 61.5 Å². The van der Waals surface area contributed by atoms with E-state index in [1.165, 1.54) is 18.2 Å². The van der Waals surface area contributed by atoms with Crippen molar-refractivity contribution in [3.8, 4) is 46.0 Å². The topological polar surface area (TPSA) is 166 Å². The number of imide groups is 2. The summed E-state index contributed by atoms with van der Waals surface area (Å²) in [6, 6.07) is 43.8. The molecule has 0 bridgehead atoms. The maximum absolute atomic E-state index is 14.8. The lowest BCUT2D eigenvalue weighted by molar-refractivity contribution is -0.149. The summed E-state index contributed by atoms with van der Waals surface area (Å²) in [5, 5.41) is 3.95. The van der Waals surface area contributed by atoms with Crippen molar-refractivity contribution >= 4 is 24.0 Å². The third-order valence-electron chi connectivity index (χ3n) is 11.0. The van der Waals surface area contributed by atoms with Gasteiger partial charge >= 0.3 is 23.9 Å². The quantitative estimate of drug-likeness (QED) is 0.0619. The minimum atomic E-state index is -2.86. The molecule has 4 amide bonds. The molecule has 0 aromatic heterocycles. The third-order valence-corrected chi connectivity index (χ3v) is 11.0. The predicted molar refractivity (Wildman–Crippen MR) is 257 cm³/mol. The first kappa shape index (κ1) is 49.8. The summed E-state index contributed by atoms with van der Waals surface area (Å²) < 4.78 is 59.8. The van der Waals surface area contributed by atoms with Crippen molar-refractivity contribution in [1.82, 2.24) is 10.6 Å². The van der Waals surface area contributed by atoms with Gasteiger partial charge in [0.25, 0.3) is 5.91 Å². The molecule has 2 fully saturated rings. The van der Waals surface area contributed by atoms with Crippen LogP contribution in [0, 0.1) is 0 Å². The average Bonchev–Trinajstić information content (AvgIpc) is 3.80. The van der Waals surface area contributed by atoms with E-state index >= 15 is 0 Å². The van der Waals surface area contributed by atoms with Gasteiger partial charge in [0.05, 0.1) is 26.4 Å². The zero-order valence-electron chi connectivity index (χ0n) is 39.2. The summed E-state index contributed by atoms with van der Waals surface area (Å²) in [4.78, 5) is 46.3. The van der Waals surface area contributed by atoms with Crippen molar-refractivity contribution in [3.63, 3.8) is 0 Å². The van der Waals surface area contributed by atoms with Crippen molar-refractivity contribution in [2.45, 2.75) is 70.8 Å². The first-order chi connectivity index (χ1) is 33.9. The van der Waals surface area contributed by atoms with Gasteiger partial charge in [-0.15, -0.1) is 0 Å². The Morgan fingerprint density at radius 1 is 0.471 bits per heavy atom. The van der Waals surface area contributed by atoms with Crippen LogP contribution in [-0.2, 0) is 43.4 Å². The number of rotatable bonds is 22. The fourth-order valence-electron chi connectivity index (χ4n) is 7.44. The molecule has 6 aromatic rings. The van der Waals surface area contributed by atoms with Crippen LogP contribution < -0.4 is 39.1 Å². The standard InChI is InChI=1S/C28H29NO6.C27H26FNO6/c1-3-8-20-19-24(34-23-9-5-4-6-10-23)15-16-25(20)33-18-7-17-32-22-13-11-21(12-14-22)28(2)26(30)29-27(31)35-28;1-2-8-19-17-23(34-21-10-4-3-5-11-21)13-14-24(19)33-16-7-15-32-22-12-6-9-20(18-22)27(28)25(30)29-26(31)35-27/h4-6,9-16,19H,3,7-8,17-18H2,1-2H3,(H,29,30,31);3-6,9-14,17-18H,2,7-8,15-16H2,1H3,(H,29,30,31). The van der Waals surface area contributed by atoms with Crippen LogP contribution in [0.1, 0.15) is 68.7 Å². The van der Waals surface area contributed by atoms with Crippen LogP contribution in [0.2, 0.25) is 0 Å². The molecule has 70 heavy (non-hydrogen) atoms. The van der Waals surface area contributed by atoms with Gasteiger partial charge in [0, 0.05) is 24.0 Å². The maximum atomic E-state index is 14.8. The molecule has 364 valence electrons.